The van der Waals surface area contributed by atoms with E-state index in [-0.39, 0.29) is 12.1 Å². The molecule has 2 aromatic rings. The van der Waals surface area contributed by atoms with Crippen LogP contribution in [0.1, 0.15) is 36.1 Å². The quantitative estimate of drug-likeness (QED) is 0.646. The predicted octanol–water partition coefficient (Wildman–Crippen LogP) is 2.82. The number of aromatic nitrogens is 3. The van der Waals surface area contributed by atoms with Gasteiger partial charge in [0.05, 0.1) is 6.04 Å². The Morgan fingerprint density at radius 3 is 2.92 bits per heavy atom. The Kier molecular flexibility index (Phi) is 5.40. The molecule has 0 radical (unpaired) electrons. The largest absolute Gasteiger partial charge is 0.337 e. The highest BCUT2D eigenvalue weighted by Gasteiger charge is 2.24. The summed E-state index contributed by atoms with van der Waals surface area (Å²) in [6.07, 6.45) is 1.91. The Hall–Kier alpha value is -2.02. The van der Waals surface area contributed by atoms with Crippen LogP contribution >= 0.6 is 11.8 Å². The fourth-order valence-corrected chi connectivity index (χ4v) is 3.55. The summed E-state index contributed by atoms with van der Waals surface area (Å²) < 4.78 is 1.90. The van der Waals surface area contributed by atoms with Crippen molar-refractivity contribution in [3.63, 3.8) is 0 Å². The monoisotopic (exact) mass is 345 g/mol. The van der Waals surface area contributed by atoms with E-state index >= 15 is 0 Å². The van der Waals surface area contributed by atoms with Crippen LogP contribution in [0, 0.1) is 13.8 Å². The third-order valence-corrected chi connectivity index (χ3v) is 4.98. The topological polar surface area (TPSA) is 71.8 Å². The maximum Gasteiger partial charge on any atom is 0.315 e. The fourth-order valence-electron chi connectivity index (χ4n) is 2.78. The second-order valence-corrected chi connectivity index (χ2v) is 7.17. The molecule has 128 valence electrons. The average Bonchev–Trinajstić information content (AvgIpc) is 2.95. The minimum absolute atomic E-state index is 0.0512. The van der Waals surface area contributed by atoms with Gasteiger partial charge in [0.25, 0.3) is 0 Å². The van der Waals surface area contributed by atoms with Crippen molar-refractivity contribution in [1.29, 1.82) is 0 Å². The molecule has 1 unspecified atom stereocenters. The molecule has 1 aliphatic rings. The molecule has 1 aliphatic heterocycles. The summed E-state index contributed by atoms with van der Waals surface area (Å²) in [4.78, 5) is 17.8. The van der Waals surface area contributed by atoms with Gasteiger partial charge in [0.2, 0.25) is 0 Å². The van der Waals surface area contributed by atoms with Gasteiger partial charge in [-0.25, -0.2) is 14.5 Å². The van der Waals surface area contributed by atoms with E-state index in [1.54, 1.807) is 11.8 Å². The molecule has 24 heavy (non-hydrogen) atoms. The van der Waals surface area contributed by atoms with Crippen LogP contribution in [0.15, 0.2) is 29.2 Å². The Morgan fingerprint density at radius 2 is 2.12 bits per heavy atom. The Morgan fingerprint density at radius 1 is 1.33 bits per heavy atom. The highest BCUT2D eigenvalue weighted by Crippen LogP contribution is 2.22. The van der Waals surface area contributed by atoms with Crippen molar-refractivity contribution < 1.29 is 4.79 Å². The molecule has 1 aromatic carbocycles. The zero-order chi connectivity index (χ0) is 16.9. The first-order valence-corrected chi connectivity index (χ1v) is 9.25. The van der Waals surface area contributed by atoms with E-state index in [9.17, 15) is 4.79 Å². The fraction of sp³-hybridized carbons (Fsp3) is 0.471. The van der Waals surface area contributed by atoms with E-state index in [2.05, 4.69) is 51.9 Å². The van der Waals surface area contributed by atoms with Crippen molar-refractivity contribution in [2.24, 2.45) is 0 Å². The van der Waals surface area contributed by atoms with E-state index in [1.165, 1.54) is 10.5 Å². The van der Waals surface area contributed by atoms with Crippen LogP contribution in [0.2, 0.25) is 0 Å². The van der Waals surface area contributed by atoms with Gasteiger partial charge in [-0.1, -0.05) is 17.7 Å². The first kappa shape index (κ1) is 16.8. The van der Waals surface area contributed by atoms with Crippen molar-refractivity contribution in [3.05, 3.63) is 41.5 Å². The molecular formula is C17H23N5OS. The Labute approximate surface area is 146 Å². The Bertz CT molecular complexity index is 698. The highest BCUT2D eigenvalue weighted by atomic mass is 32.2. The average molecular weight is 345 g/mol. The van der Waals surface area contributed by atoms with Crippen LogP contribution in [0.25, 0.3) is 0 Å². The van der Waals surface area contributed by atoms with E-state index in [0.717, 1.165) is 36.8 Å². The number of nitrogens with one attached hydrogen (secondary N) is 2. The van der Waals surface area contributed by atoms with Crippen LogP contribution in [0.5, 0.6) is 0 Å². The van der Waals surface area contributed by atoms with E-state index in [1.807, 2.05) is 11.6 Å². The van der Waals surface area contributed by atoms with Crippen molar-refractivity contribution in [1.82, 2.24) is 25.4 Å². The van der Waals surface area contributed by atoms with Gasteiger partial charge < -0.3 is 10.6 Å². The highest BCUT2D eigenvalue weighted by molar-refractivity contribution is 7.99. The van der Waals surface area contributed by atoms with Gasteiger partial charge in [0, 0.05) is 23.7 Å². The molecule has 6 nitrogen and oxygen atoms in total. The molecule has 0 spiro atoms. The normalized spacial score (nSPS) is 16.5. The number of amides is 2. The zero-order valence-corrected chi connectivity index (χ0v) is 14.9. The summed E-state index contributed by atoms with van der Waals surface area (Å²) >= 11 is 1.74. The van der Waals surface area contributed by atoms with Crippen molar-refractivity contribution in [2.45, 2.75) is 44.2 Å². The smallest absolute Gasteiger partial charge is 0.315 e. The third kappa shape index (κ3) is 4.29. The summed E-state index contributed by atoms with van der Waals surface area (Å²) in [6, 6.07) is 8.23. The van der Waals surface area contributed by atoms with Gasteiger partial charge >= 0.3 is 6.03 Å². The number of hydrogen-bond donors (Lipinski definition) is 2. The summed E-state index contributed by atoms with van der Waals surface area (Å²) in [5, 5.41) is 10.3. The van der Waals surface area contributed by atoms with Crippen LogP contribution in [-0.4, -0.2) is 33.1 Å². The van der Waals surface area contributed by atoms with Crippen LogP contribution in [0.4, 0.5) is 4.79 Å². The molecule has 0 saturated carbocycles. The van der Waals surface area contributed by atoms with Crippen LogP contribution < -0.4 is 10.6 Å². The number of rotatable bonds is 5. The van der Waals surface area contributed by atoms with Crippen molar-refractivity contribution in [2.75, 3.05) is 12.3 Å². The standard InChI is InChI=1S/C17H23N5OS/c1-12-5-7-14(8-6-12)24-11-9-18-17(23)20-15-4-3-10-22-16(15)19-13(2)21-22/h5-8,15H,3-4,9-11H2,1-2H3,(H2,18,20,23). The number of carbonyl (C=O) groups is 1. The SMILES string of the molecule is Cc1ccc(SCCNC(=O)NC2CCCn3nc(C)nc32)cc1. The molecule has 3 rings (SSSR count). The van der Waals surface area contributed by atoms with Gasteiger partial charge in [0.15, 0.2) is 0 Å². The van der Waals surface area contributed by atoms with Gasteiger partial charge in [-0.05, 0) is 38.8 Å². The first-order chi connectivity index (χ1) is 11.6. The van der Waals surface area contributed by atoms with Gasteiger partial charge in [0.1, 0.15) is 11.6 Å². The first-order valence-electron chi connectivity index (χ1n) is 8.27. The predicted molar refractivity (Wildman–Crippen MR) is 95.2 cm³/mol. The molecule has 1 aromatic heterocycles. The molecule has 7 heteroatoms. The third-order valence-electron chi connectivity index (χ3n) is 3.96. The number of aryl methyl sites for hydroxylation is 3. The number of hydrogen-bond acceptors (Lipinski definition) is 4. The van der Waals surface area contributed by atoms with E-state index < -0.39 is 0 Å². The number of thioether (sulfide) groups is 1. The molecule has 2 heterocycles. The molecular weight excluding hydrogens is 322 g/mol. The summed E-state index contributed by atoms with van der Waals surface area (Å²) in [6.45, 7) is 5.46. The second-order valence-electron chi connectivity index (χ2n) is 6.00. The number of benzene rings is 1. The lowest BCUT2D eigenvalue weighted by Crippen LogP contribution is -2.41. The lowest BCUT2D eigenvalue weighted by atomic mass is 10.1. The van der Waals surface area contributed by atoms with Crippen molar-refractivity contribution in [3.8, 4) is 0 Å². The molecule has 2 amide bonds. The molecule has 0 aliphatic carbocycles. The van der Waals surface area contributed by atoms with Gasteiger partial charge in [-0.3, -0.25) is 0 Å². The summed E-state index contributed by atoms with van der Waals surface area (Å²) in [5.74, 6) is 2.47. The number of fused-ring (bicyclic) bond motifs is 1. The number of carbonyl (C=O) groups excluding carboxylic acids is 1. The van der Waals surface area contributed by atoms with Gasteiger partial charge in [-0.2, -0.15) is 5.10 Å². The van der Waals surface area contributed by atoms with Crippen LogP contribution in [-0.2, 0) is 6.54 Å². The van der Waals surface area contributed by atoms with Crippen LogP contribution in [0.3, 0.4) is 0 Å². The lowest BCUT2D eigenvalue weighted by Gasteiger charge is -2.23. The Balaban J connectivity index is 1.42. The minimum atomic E-state index is -0.140. The lowest BCUT2D eigenvalue weighted by molar-refractivity contribution is 0.233. The molecule has 0 bridgehead atoms. The number of urea groups is 1. The van der Waals surface area contributed by atoms with E-state index in [0.29, 0.717) is 6.54 Å². The second kappa shape index (κ2) is 7.70. The zero-order valence-electron chi connectivity index (χ0n) is 14.1. The van der Waals surface area contributed by atoms with E-state index in [4.69, 9.17) is 0 Å². The summed E-state index contributed by atoms with van der Waals surface area (Å²) in [5.41, 5.74) is 1.26. The molecule has 0 fully saturated rings. The molecule has 2 N–H and O–H groups in total. The summed E-state index contributed by atoms with van der Waals surface area (Å²) in [7, 11) is 0. The van der Waals surface area contributed by atoms with Crippen molar-refractivity contribution >= 4 is 17.8 Å². The molecule has 0 saturated heterocycles. The minimum Gasteiger partial charge on any atom is -0.337 e. The number of nitrogens with zero attached hydrogens (tertiary/aromatic N) is 3. The maximum absolute atomic E-state index is 12.1. The molecule has 1 atom stereocenters. The van der Waals surface area contributed by atoms with Gasteiger partial charge in [-0.15, -0.1) is 11.8 Å². The maximum atomic E-state index is 12.1.